The summed E-state index contributed by atoms with van der Waals surface area (Å²) in [5, 5.41) is 4.46. The van der Waals surface area contributed by atoms with Gasteiger partial charge in [-0.2, -0.15) is 0 Å². The molecule has 1 aromatic heterocycles. The van der Waals surface area contributed by atoms with E-state index >= 15 is 0 Å². The van der Waals surface area contributed by atoms with Gasteiger partial charge in [0.1, 0.15) is 0 Å². The van der Waals surface area contributed by atoms with Gasteiger partial charge in [0, 0.05) is 18.6 Å². The Morgan fingerprint density at radius 2 is 1.02 bits per heavy atom. The predicted molar refractivity (Wildman–Crippen MR) is 216 cm³/mol. The molecule has 0 aliphatic rings. The van der Waals surface area contributed by atoms with E-state index in [2.05, 4.69) is 176 Å². The number of hydrogen-bond donors (Lipinski definition) is 0. The van der Waals surface area contributed by atoms with E-state index < -0.39 is 8.07 Å². The second-order valence-corrected chi connectivity index (χ2v) is 17.2. The van der Waals surface area contributed by atoms with E-state index in [-0.39, 0.29) is 0 Å². The average molecular weight is 661 g/mol. The molecule has 0 fully saturated rings. The molecule has 0 saturated carbocycles. The van der Waals surface area contributed by atoms with Crippen LogP contribution in [0.25, 0.3) is 0 Å². The van der Waals surface area contributed by atoms with Crippen molar-refractivity contribution >= 4 is 41.3 Å². The fourth-order valence-corrected chi connectivity index (χ4v) is 11.6. The van der Waals surface area contributed by atoms with Crippen LogP contribution >= 0.6 is 0 Å². The number of aryl methyl sites for hydroxylation is 2. The van der Waals surface area contributed by atoms with Gasteiger partial charge >= 0.3 is 0 Å². The Morgan fingerprint density at radius 1 is 0.551 bits per heavy atom. The van der Waals surface area contributed by atoms with Gasteiger partial charge in [-0.25, -0.2) is 4.98 Å². The molecular formula is C45H53BN2Si. The molecule has 5 aromatic carbocycles. The van der Waals surface area contributed by atoms with Crippen LogP contribution in [0.15, 0.2) is 158 Å². The maximum absolute atomic E-state index is 4.41. The van der Waals surface area contributed by atoms with Crippen molar-refractivity contribution in [2.24, 2.45) is 0 Å². The minimum atomic E-state index is -2.36. The van der Waals surface area contributed by atoms with Crippen LogP contribution in [0.3, 0.4) is 0 Å². The van der Waals surface area contributed by atoms with Crippen molar-refractivity contribution in [3.63, 3.8) is 0 Å². The highest BCUT2D eigenvalue weighted by atomic mass is 28.3. The number of imidazole rings is 1. The first kappa shape index (κ1) is 35.9. The number of benzene rings is 5. The van der Waals surface area contributed by atoms with Gasteiger partial charge in [0.2, 0.25) is 6.71 Å². The Hall–Kier alpha value is -4.41. The monoisotopic (exact) mass is 660 g/mol. The van der Waals surface area contributed by atoms with Crippen molar-refractivity contribution < 1.29 is 0 Å². The van der Waals surface area contributed by atoms with Crippen molar-refractivity contribution in [1.29, 1.82) is 0 Å². The van der Waals surface area contributed by atoms with Crippen molar-refractivity contribution in [2.75, 3.05) is 0 Å². The van der Waals surface area contributed by atoms with Crippen LogP contribution in [-0.4, -0.2) is 24.3 Å². The Morgan fingerprint density at radius 3 is 1.47 bits per heavy atom. The summed E-state index contributed by atoms with van der Waals surface area (Å²) in [6.45, 7) is 7.28. The molecule has 250 valence electrons. The molecule has 0 bridgehead atoms. The summed E-state index contributed by atoms with van der Waals surface area (Å²) >= 11 is 0. The second-order valence-electron chi connectivity index (χ2n) is 13.4. The molecule has 1 heterocycles. The molecule has 0 amide bonds. The molecular weight excluding hydrogens is 607 g/mol. The summed E-state index contributed by atoms with van der Waals surface area (Å²) in [5.41, 5.74) is 5.68. The fourth-order valence-electron chi connectivity index (χ4n) is 6.97. The molecule has 6 aromatic rings. The molecule has 0 aliphatic carbocycles. The fraction of sp³-hybridized carbons (Fsp3) is 0.267. The molecule has 0 spiro atoms. The third-order valence-corrected chi connectivity index (χ3v) is 14.6. The van der Waals surface area contributed by atoms with Gasteiger partial charge in [0.25, 0.3) is 0 Å². The number of unbranched alkanes of at least 4 members (excludes halogenated alkanes) is 4. The van der Waals surface area contributed by atoms with E-state index in [0.29, 0.717) is 6.71 Å². The highest BCUT2D eigenvalue weighted by Crippen LogP contribution is 2.16. The van der Waals surface area contributed by atoms with Gasteiger partial charge in [-0.1, -0.05) is 197 Å². The number of aromatic nitrogens is 2. The topological polar surface area (TPSA) is 17.8 Å². The summed E-state index contributed by atoms with van der Waals surface area (Å²) in [7, 11) is -2.36. The SMILES string of the molecule is CB(c1ccccc1)c1ccccc1.CCCCCc1cccc([Si](Cn2ccnc2)(c2ccccc2)c2cccc(CCCCC)c2)c1. The van der Waals surface area contributed by atoms with Crippen LogP contribution < -0.4 is 26.5 Å². The van der Waals surface area contributed by atoms with E-state index in [4.69, 9.17) is 0 Å². The predicted octanol–water partition coefficient (Wildman–Crippen LogP) is 7.98. The van der Waals surface area contributed by atoms with Crippen LogP contribution in [-0.2, 0) is 19.0 Å². The van der Waals surface area contributed by atoms with Crippen LogP contribution in [0.2, 0.25) is 6.82 Å². The van der Waals surface area contributed by atoms with Crippen molar-refractivity contribution in [1.82, 2.24) is 9.55 Å². The van der Waals surface area contributed by atoms with Gasteiger partial charge in [-0.3, -0.25) is 0 Å². The van der Waals surface area contributed by atoms with Crippen LogP contribution in [0, 0.1) is 0 Å². The van der Waals surface area contributed by atoms with Crippen LogP contribution in [0.1, 0.15) is 63.5 Å². The molecule has 2 nitrogen and oxygen atoms in total. The zero-order valence-electron chi connectivity index (χ0n) is 29.8. The van der Waals surface area contributed by atoms with E-state index in [9.17, 15) is 0 Å². The largest absolute Gasteiger partial charge is 0.339 e. The minimum Gasteiger partial charge on any atom is -0.339 e. The third-order valence-electron chi connectivity index (χ3n) is 9.82. The molecule has 4 heteroatoms. The van der Waals surface area contributed by atoms with Gasteiger partial charge in [0.05, 0.1) is 6.33 Å². The molecule has 0 unspecified atom stereocenters. The molecule has 6 rings (SSSR count). The maximum Gasteiger partial charge on any atom is 0.206 e. The standard InChI is InChI=1S/C32H40N2Si.C13H13B/c1-3-5-8-14-28-16-12-20-31(24-28)35(27-34-23-22-33-26-34,30-18-10-7-11-19-30)32-21-13-17-29(25-32)15-9-6-4-2;1-14(12-8-4-2-5-9-12)13-10-6-3-7-11-13/h7,10-13,16-26H,3-6,8-9,14-15,27H2,1-2H3;2-11H,1H3. The van der Waals surface area contributed by atoms with Crippen molar-refractivity contribution in [3.8, 4) is 0 Å². The summed E-state index contributed by atoms with van der Waals surface area (Å²) in [4.78, 5) is 4.41. The van der Waals surface area contributed by atoms with Gasteiger partial charge < -0.3 is 4.57 Å². The Labute approximate surface area is 297 Å². The van der Waals surface area contributed by atoms with Gasteiger partial charge in [-0.15, -0.1) is 0 Å². The first-order valence-electron chi connectivity index (χ1n) is 18.4. The third kappa shape index (κ3) is 9.83. The molecule has 0 radical (unpaired) electrons. The lowest BCUT2D eigenvalue weighted by atomic mass is 9.43. The normalized spacial score (nSPS) is 11.1. The minimum absolute atomic E-state index is 0.484. The molecule has 0 atom stereocenters. The van der Waals surface area contributed by atoms with Gasteiger partial charge in [-0.05, 0) is 52.4 Å². The van der Waals surface area contributed by atoms with E-state index in [0.717, 1.165) is 19.0 Å². The van der Waals surface area contributed by atoms with Gasteiger partial charge in [0.15, 0.2) is 8.07 Å². The zero-order chi connectivity index (χ0) is 34.2. The van der Waals surface area contributed by atoms with E-state index in [1.165, 1.54) is 76.1 Å². The maximum atomic E-state index is 4.41. The second kappa shape index (κ2) is 19.0. The summed E-state index contributed by atoms with van der Waals surface area (Å²) < 4.78 is 2.30. The molecule has 0 saturated heterocycles. The summed E-state index contributed by atoms with van der Waals surface area (Å²) in [5.74, 6) is 0. The highest BCUT2D eigenvalue weighted by molar-refractivity contribution is 7.10. The molecule has 0 aliphatic heterocycles. The highest BCUT2D eigenvalue weighted by Gasteiger charge is 2.40. The molecule has 49 heavy (non-hydrogen) atoms. The first-order valence-corrected chi connectivity index (χ1v) is 20.6. The average Bonchev–Trinajstić information content (AvgIpc) is 3.69. The quantitative estimate of drug-likeness (QED) is 0.0621. The lowest BCUT2D eigenvalue weighted by Crippen LogP contribution is -2.69. The number of nitrogens with zero attached hydrogens (tertiary/aromatic N) is 2. The Balaban J connectivity index is 0.000000278. The molecule has 0 N–H and O–H groups in total. The summed E-state index contributed by atoms with van der Waals surface area (Å²) in [6, 6.07) is 51.5. The number of rotatable bonds is 15. The zero-order valence-corrected chi connectivity index (χ0v) is 30.8. The van der Waals surface area contributed by atoms with Crippen LogP contribution in [0.4, 0.5) is 0 Å². The first-order chi connectivity index (χ1) is 24.1. The van der Waals surface area contributed by atoms with Crippen LogP contribution in [0.5, 0.6) is 0 Å². The Kier molecular flexibility index (Phi) is 13.9. The Bertz CT molecular complexity index is 1680. The lowest BCUT2D eigenvalue weighted by Gasteiger charge is -2.34. The van der Waals surface area contributed by atoms with E-state index in [1.807, 2.05) is 12.5 Å². The van der Waals surface area contributed by atoms with Crippen molar-refractivity contribution in [3.05, 3.63) is 169 Å². The van der Waals surface area contributed by atoms with Crippen molar-refractivity contribution in [2.45, 2.75) is 78.2 Å². The van der Waals surface area contributed by atoms with E-state index in [1.54, 1.807) is 0 Å². The lowest BCUT2D eigenvalue weighted by molar-refractivity contribution is 0.717. The number of hydrogen-bond acceptors (Lipinski definition) is 1. The summed E-state index contributed by atoms with van der Waals surface area (Å²) in [6.07, 6.45) is 16.9. The smallest absolute Gasteiger partial charge is 0.206 e.